The largest absolute Gasteiger partial charge is 0.489 e. The fourth-order valence-corrected chi connectivity index (χ4v) is 3.03. The van der Waals surface area contributed by atoms with Gasteiger partial charge in [-0.05, 0) is 29.8 Å². The Labute approximate surface area is 232 Å². The molecule has 0 unspecified atom stereocenters. The molecule has 2 rings (SSSR count). The van der Waals surface area contributed by atoms with Crippen LogP contribution in [0.1, 0.15) is 5.56 Å². The first kappa shape index (κ1) is 36.9. The van der Waals surface area contributed by atoms with Crippen LogP contribution >= 0.6 is 0 Å². The lowest BCUT2D eigenvalue weighted by Gasteiger charge is -2.43. The van der Waals surface area contributed by atoms with E-state index in [1.165, 1.54) is 0 Å². The predicted molar refractivity (Wildman–Crippen MR) is 108 cm³/mol. The van der Waals surface area contributed by atoms with E-state index in [4.69, 9.17) is 4.74 Å². The molecule has 0 aliphatic carbocycles. The van der Waals surface area contributed by atoms with Gasteiger partial charge in [0, 0.05) is 0 Å². The second-order valence-corrected chi connectivity index (χ2v) is 8.76. The number of halogens is 19. The predicted octanol–water partition coefficient (Wildman–Crippen LogP) is 9.29. The summed E-state index contributed by atoms with van der Waals surface area (Å²) in [6.45, 7) is -3.18. The lowest BCUT2D eigenvalue weighted by Crippen LogP contribution is -2.76. The third-order valence-corrected chi connectivity index (χ3v) is 5.67. The minimum Gasteiger partial charge on any atom is -0.489 e. The zero-order valence-corrected chi connectivity index (χ0v) is 20.6. The van der Waals surface area contributed by atoms with Crippen molar-refractivity contribution in [1.29, 1.82) is 0 Å². The van der Waals surface area contributed by atoms with Crippen molar-refractivity contribution >= 4 is 0 Å². The Morgan fingerprint density at radius 2 is 0.727 bits per heavy atom. The molecule has 0 fully saturated rings. The van der Waals surface area contributed by atoms with Crippen LogP contribution in [0, 0.1) is 0 Å². The Hall–Kier alpha value is -3.29. The lowest BCUT2D eigenvalue weighted by molar-refractivity contribution is -0.469. The molecular formula is C23H13F19O2. The van der Waals surface area contributed by atoms with Crippen molar-refractivity contribution in [2.45, 2.75) is 60.2 Å². The minimum absolute atomic E-state index is 0.0412. The average molecular weight is 682 g/mol. The monoisotopic (exact) mass is 682 g/mol. The molecule has 0 bridgehead atoms. The number of ether oxygens (including phenoxy) is 2. The van der Waals surface area contributed by atoms with Crippen molar-refractivity contribution in [3.8, 4) is 11.5 Å². The zero-order valence-electron chi connectivity index (χ0n) is 20.6. The highest BCUT2D eigenvalue weighted by atomic mass is 19.4. The lowest BCUT2D eigenvalue weighted by atomic mass is 9.87. The fraction of sp³-hybridized carbons (Fsp3) is 0.478. The van der Waals surface area contributed by atoms with Crippen LogP contribution in [0.15, 0.2) is 54.6 Å². The summed E-state index contributed by atoms with van der Waals surface area (Å²) < 4.78 is 263. The Morgan fingerprint density at radius 1 is 0.386 bits per heavy atom. The molecular weight excluding hydrogens is 669 g/mol. The smallest absolute Gasteiger partial charge is 0.460 e. The highest BCUT2D eigenvalue weighted by Gasteiger charge is 2.96. The molecule has 0 aliphatic rings. The number of hydrogen-bond donors (Lipinski definition) is 0. The summed E-state index contributed by atoms with van der Waals surface area (Å²) in [4.78, 5) is 0. The summed E-state index contributed by atoms with van der Waals surface area (Å²) in [5.41, 5.74) is 0.619. The molecule has 0 amide bonds. The van der Waals surface area contributed by atoms with Gasteiger partial charge in [0.05, 0.1) is 0 Å². The van der Waals surface area contributed by atoms with Crippen molar-refractivity contribution in [2.24, 2.45) is 0 Å². The summed E-state index contributed by atoms with van der Waals surface area (Å²) in [6.07, 6.45) is -7.92. The molecule has 0 heterocycles. The highest BCUT2D eigenvalue weighted by Crippen LogP contribution is 2.65. The number of benzene rings is 2. The molecule has 2 nitrogen and oxygen atoms in total. The Bertz CT molecular complexity index is 1250. The van der Waals surface area contributed by atoms with Gasteiger partial charge in [0.15, 0.2) is 6.61 Å². The molecule has 21 heteroatoms. The number of hydrogen-bond acceptors (Lipinski definition) is 2. The molecule has 0 aliphatic heterocycles. The Morgan fingerprint density at radius 3 is 1.11 bits per heavy atom. The first-order chi connectivity index (χ1) is 19.5. The van der Waals surface area contributed by atoms with Gasteiger partial charge in [0.25, 0.3) is 0 Å². The quantitative estimate of drug-likeness (QED) is 0.196. The standard InChI is InChI=1S/C23H13F19O2/c24-15(25,11-44-14-8-6-13(7-9-14)43-10-12-4-2-1-3-5-12)16(26,27)17(28,29)18(30,31)19(32,33)20(34,35)21(36,37)22(38,39)23(40,41)42/h1-9H,10-11H2. The molecule has 2 aromatic rings. The van der Waals surface area contributed by atoms with Gasteiger partial charge in [-0.15, -0.1) is 0 Å². The number of rotatable bonds is 13. The molecule has 0 saturated heterocycles. The van der Waals surface area contributed by atoms with Gasteiger partial charge in [-0.1, -0.05) is 30.3 Å². The first-order valence-electron chi connectivity index (χ1n) is 11.0. The van der Waals surface area contributed by atoms with Gasteiger partial charge in [0.1, 0.15) is 18.1 Å². The van der Waals surface area contributed by atoms with Gasteiger partial charge in [0.2, 0.25) is 0 Å². The molecule has 0 N–H and O–H groups in total. The number of alkyl halides is 19. The SMILES string of the molecule is FC(F)(F)C(F)(F)C(F)(F)C(F)(F)C(F)(F)C(F)(F)C(F)(F)C(F)(F)C(F)(F)COc1ccc(OCc2ccccc2)cc1. The summed E-state index contributed by atoms with van der Waals surface area (Å²) in [6, 6.07) is 11.3. The van der Waals surface area contributed by atoms with Crippen LogP contribution in [0.3, 0.4) is 0 Å². The third-order valence-electron chi connectivity index (χ3n) is 5.67. The van der Waals surface area contributed by atoms with Crippen LogP contribution < -0.4 is 9.47 Å². The van der Waals surface area contributed by atoms with Crippen molar-refractivity contribution in [3.05, 3.63) is 60.2 Å². The molecule has 44 heavy (non-hydrogen) atoms. The summed E-state index contributed by atoms with van der Waals surface area (Å²) >= 11 is 0. The van der Waals surface area contributed by atoms with E-state index in [0.717, 1.165) is 12.1 Å². The van der Waals surface area contributed by atoms with E-state index in [9.17, 15) is 83.4 Å². The van der Waals surface area contributed by atoms with E-state index in [0.29, 0.717) is 17.7 Å². The summed E-state index contributed by atoms with van der Waals surface area (Å²) in [5, 5.41) is 0. The van der Waals surface area contributed by atoms with E-state index in [1.54, 1.807) is 30.3 Å². The van der Waals surface area contributed by atoms with Crippen LogP contribution in [0.4, 0.5) is 83.4 Å². The van der Waals surface area contributed by atoms with Crippen LogP contribution in [0.25, 0.3) is 0 Å². The van der Waals surface area contributed by atoms with E-state index < -0.39 is 65.9 Å². The van der Waals surface area contributed by atoms with Gasteiger partial charge >= 0.3 is 53.6 Å². The third kappa shape index (κ3) is 5.77. The Balaban J connectivity index is 2.31. The molecule has 0 atom stereocenters. The maximum atomic E-state index is 14.0. The van der Waals surface area contributed by atoms with Crippen molar-refractivity contribution in [2.75, 3.05) is 6.61 Å². The second-order valence-electron chi connectivity index (χ2n) is 8.76. The van der Waals surface area contributed by atoms with E-state index in [1.807, 2.05) is 0 Å². The molecule has 2 aromatic carbocycles. The first-order valence-corrected chi connectivity index (χ1v) is 11.0. The molecule has 0 aromatic heterocycles. The Kier molecular flexibility index (Phi) is 9.44. The summed E-state index contributed by atoms with van der Waals surface area (Å²) in [5.74, 6) is -68.0. The van der Waals surface area contributed by atoms with Crippen LogP contribution in [-0.4, -0.2) is 60.2 Å². The van der Waals surface area contributed by atoms with Gasteiger partial charge in [-0.25, -0.2) is 0 Å². The molecule has 250 valence electrons. The zero-order chi connectivity index (χ0) is 34.4. The van der Waals surface area contributed by atoms with Gasteiger partial charge in [-0.2, -0.15) is 83.4 Å². The van der Waals surface area contributed by atoms with Crippen molar-refractivity contribution < 1.29 is 92.9 Å². The van der Waals surface area contributed by atoms with Crippen molar-refractivity contribution in [1.82, 2.24) is 0 Å². The molecule has 0 radical (unpaired) electrons. The van der Waals surface area contributed by atoms with E-state index in [2.05, 4.69) is 4.74 Å². The second kappa shape index (κ2) is 11.3. The van der Waals surface area contributed by atoms with Gasteiger partial charge < -0.3 is 9.47 Å². The molecule has 0 spiro atoms. The van der Waals surface area contributed by atoms with Crippen LogP contribution in [0.2, 0.25) is 0 Å². The van der Waals surface area contributed by atoms with Crippen LogP contribution in [-0.2, 0) is 6.61 Å². The molecule has 0 saturated carbocycles. The van der Waals surface area contributed by atoms with Gasteiger partial charge in [-0.3, -0.25) is 0 Å². The maximum Gasteiger partial charge on any atom is 0.460 e. The summed E-state index contributed by atoms with van der Waals surface area (Å²) in [7, 11) is 0. The highest BCUT2D eigenvalue weighted by molar-refractivity contribution is 5.31. The van der Waals surface area contributed by atoms with Crippen LogP contribution in [0.5, 0.6) is 11.5 Å². The maximum absolute atomic E-state index is 14.0. The minimum atomic E-state index is -8.96. The van der Waals surface area contributed by atoms with E-state index >= 15 is 0 Å². The fourth-order valence-electron chi connectivity index (χ4n) is 3.03. The normalized spacial score (nSPS) is 14.9. The topological polar surface area (TPSA) is 18.5 Å². The van der Waals surface area contributed by atoms with Crippen molar-refractivity contribution in [3.63, 3.8) is 0 Å². The van der Waals surface area contributed by atoms with E-state index in [-0.39, 0.29) is 12.4 Å². The average Bonchev–Trinajstić information content (AvgIpc) is 2.90.